The van der Waals surface area contributed by atoms with Gasteiger partial charge in [-0.1, -0.05) is 36.4 Å². The van der Waals surface area contributed by atoms with Crippen LogP contribution >= 0.6 is 0 Å². The Morgan fingerprint density at radius 3 is 2.11 bits per heavy atom. The standard InChI is InChI=1S/C25H28FNO4.C2HF3O2/c1-29-24-13-8-19(15-25(24)30-2)23(14-18-6-4-3-5-7-18)27-16-21(28)17-31-22-11-9-20(26)10-12-22;3-2(4,5)1(6)7/h3-13,15,21,23,27-28H,14,16-17H2,1-2H3;(H,6,7)/t21-,23?;/m0./s1. The summed E-state index contributed by atoms with van der Waals surface area (Å²) in [6.45, 7) is 0.426. The zero-order valence-corrected chi connectivity index (χ0v) is 20.7. The molecule has 1 unspecified atom stereocenters. The minimum atomic E-state index is -5.08. The Hall–Kier alpha value is -3.83. The first-order chi connectivity index (χ1) is 18.0. The number of nitrogens with one attached hydrogen (secondary N) is 1. The average molecular weight is 540 g/mol. The van der Waals surface area contributed by atoms with Gasteiger partial charge in [0.1, 0.15) is 24.3 Å². The molecule has 3 aromatic rings. The van der Waals surface area contributed by atoms with Crippen LogP contribution in [0.25, 0.3) is 0 Å². The van der Waals surface area contributed by atoms with Crippen LogP contribution in [-0.4, -0.2) is 55.8 Å². The van der Waals surface area contributed by atoms with Gasteiger partial charge in [0.15, 0.2) is 11.5 Å². The van der Waals surface area contributed by atoms with Gasteiger partial charge in [-0.25, -0.2) is 9.18 Å². The number of hydrogen-bond acceptors (Lipinski definition) is 6. The third-order valence-corrected chi connectivity index (χ3v) is 5.19. The number of carboxylic acids is 1. The van der Waals surface area contributed by atoms with Crippen LogP contribution in [0.4, 0.5) is 17.6 Å². The summed E-state index contributed by atoms with van der Waals surface area (Å²) < 4.78 is 61.1. The maximum atomic E-state index is 13.0. The molecule has 0 heterocycles. The summed E-state index contributed by atoms with van der Waals surface area (Å²) in [5.74, 6) is -1.25. The van der Waals surface area contributed by atoms with Gasteiger partial charge in [0, 0.05) is 12.6 Å². The Labute approximate surface area is 217 Å². The maximum absolute atomic E-state index is 13.0. The molecule has 0 saturated heterocycles. The number of halogens is 4. The second-order valence-electron chi connectivity index (χ2n) is 7.99. The number of methoxy groups -OCH3 is 2. The summed E-state index contributed by atoms with van der Waals surface area (Å²) >= 11 is 0. The number of aliphatic hydroxyl groups is 1. The van der Waals surface area contributed by atoms with Crippen molar-refractivity contribution in [3.63, 3.8) is 0 Å². The molecule has 2 atom stereocenters. The first kappa shape index (κ1) is 30.4. The Bertz CT molecular complexity index is 1130. The average Bonchev–Trinajstić information content (AvgIpc) is 2.90. The third kappa shape index (κ3) is 10.3. The lowest BCUT2D eigenvalue weighted by molar-refractivity contribution is -0.192. The van der Waals surface area contributed by atoms with Gasteiger partial charge in [-0.05, 0) is 53.9 Å². The van der Waals surface area contributed by atoms with E-state index in [0.29, 0.717) is 23.8 Å². The highest BCUT2D eigenvalue weighted by molar-refractivity contribution is 5.73. The molecule has 7 nitrogen and oxygen atoms in total. The monoisotopic (exact) mass is 539 g/mol. The van der Waals surface area contributed by atoms with E-state index in [1.807, 2.05) is 36.4 Å². The van der Waals surface area contributed by atoms with Crippen LogP contribution in [0.2, 0.25) is 0 Å². The summed E-state index contributed by atoms with van der Waals surface area (Å²) in [6.07, 6.45) is -5.08. The highest BCUT2D eigenvalue weighted by atomic mass is 19.4. The van der Waals surface area contributed by atoms with Crippen molar-refractivity contribution in [3.8, 4) is 17.2 Å². The fourth-order valence-corrected chi connectivity index (χ4v) is 3.29. The van der Waals surface area contributed by atoms with E-state index in [1.165, 1.54) is 29.8 Å². The first-order valence-electron chi connectivity index (χ1n) is 11.4. The van der Waals surface area contributed by atoms with Crippen LogP contribution in [0.5, 0.6) is 17.2 Å². The van der Waals surface area contributed by atoms with Crippen molar-refractivity contribution < 1.29 is 46.8 Å². The fraction of sp³-hybridized carbons (Fsp3) is 0.296. The minimum Gasteiger partial charge on any atom is -0.493 e. The minimum absolute atomic E-state index is 0.0531. The molecule has 0 bridgehead atoms. The fourth-order valence-electron chi connectivity index (χ4n) is 3.29. The Kier molecular flexibility index (Phi) is 11.8. The SMILES string of the molecule is COc1ccc(C(Cc2ccccc2)NC[C@H](O)COc2ccc(F)cc2)cc1OC.O=C(O)C(F)(F)F. The van der Waals surface area contributed by atoms with Gasteiger partial charge in [0.05, 0.1) is 14.2 Å². The van der Waals surface area contributed by atoms with E-state index in [2.05, 4.69) is 17.4 Å². The van der Waals surface area contributed by atoms with Crippen molar-refractivity contribution in [2.75, 3.05) is 27.4 Å². The molecule has 0 aliphatic carbocycles. The largest absolute Gasteiger partial charge is 0.493 e. The summed E-state index contributed by atoms with van der Waals surface area (Å²) in [7, 11) is 3.21. The summed E-state index contributed by atoms with van der Waals surface area (Å²) in [4.78, 5) is 8.90. The lowest BCUT2D eigenvalue weighted by atomic mass is 9.98. The lowest BCUT2D eigenvalue weighted by Gasteiger charge is -2.23. The number of aliphatic carboxylic acids is 1. The molecule has 0 spiro atoms. The molecule has 0 aromatic heterocycles. The van der Waals surface area contributed by atoms with Gasteiger partial charge in [0.2, 0.25) is 0 Å². The van der Waals surface area contributed by atoms with E-state index in [1.54, 1.807) is 14.2 Å². The normalized spacial score (nSPS) is 12.5. The molecular weight excluding hydrogens is 510 g/mol. The van der Waals surface area contributed by atoms with Crippen LogP contribution in [0.15, 0.2) is 72.8 Å². The Morgan fingerprint density at radius 1 is 0.947 bits per heavy atom. The van der Waals surface area contributed by atoms with E-state index < -0.39 is 18.2 Å². The summed E-state index contributed by atoms with van der Waals surface area (Å²) in [5.41, 5.74) is 2.19. The molecule has 3 aromatic carbocycles. The van der Waals surface area contributed by atoms with Gasteiger partial charge >= 0.3 is 12.1 Å². The van der Waals surface area contributed by atoms with Crippen molar-refractivity contribution in [1.29, 1.82) is 0 Å². The summed E-state index contributed by atoms with van der Waals surface area (Å²) in [6, 6.07) is 21.6. The van der Waals surface area contributed by atoms with Crippen LogP contribution < -0.4 is 19.5 Å². The molecular formula is C27H29F4NO6. The second-order valence-corrected chi connectivity index (χ2v) is 7.99. The Morgan fingerprint density at radius 2 is 1.55 bits per heavy atom. The third-order valence-electron chi connectivity index (χ3n) is 5.19. The highest BCUT2D eigenvalue weighted by Crippen LogP contribution is 2.31. The molecule has 0 radical (unpaired) electrons. The van der Waals surface area contributed by atoms with E-state index >= 15 is 0 Å². The summed E-state index contributed by atoms with van der Waals surface area (Å²) in [5, 5.41) is 21.0. The molecule has 11 heteroatoms. The van der Waals surface area contributed by atoms with Gasteiger partial charge in [0.25, 0.3) is 0 Å². The van der Waals surface area contributed by atoms with Crippen molar-refractivity contribution in [3.05, 3.63) is 89.7 Å². The molecule has 38 heavy (non-hydrogen) atoms. The topological polar surface area (TPSA) is 97.3 Å². The lowest BCUT2D eigenvalue weighted by Crippen LogP contribution is -2.34. The molecule has 0 saturated carbocycles. The Balaban J connectivity index is 0.000000638. The molecule has 0 fully saturated rings. The number of rotatable bonds is 11. The van der Waals surface area contributed by atoms with Crippen molar-refractivity contribution in [2.24, 2.45) is 0 Å². The quantitative estimate of drug-likeness (QED) is 0.302. The van der Waals surface area contributed by atoms with E-state index in [4.69, 9.17) is 24.1 Å². The zero-order valence-electron chi connectivity index (χ0n) is 20.7. The van der Waals surface area contributed by atoms with Crippen molar-refractivity contribution in [2.45, 2.75) is 24.7 Å². The highest BCUT2D eigenvalue weighted by Gasteiger charge is 2.38. The molecule has 206 valence electrons. The number of alkyl halides is 3. The molecule has 0 amide bonds. The maximum Gasteiger partial charge on any atom is 0.490 e. The van der Waals surface area contributed by atoms with Gasteiger partial charge in [-0.15, -0.1) is 0 Å². The predicted octanol–water partition coefficient (Wildman–Crippen LogP) is 4.79. The van der Waals surface area contributed by atoms with Gasteiger partial charge in [-0.2, -0.15) is 13.2 Å². The molecule has 0 aliphatic heterocycles. The predicted molar refractivity (Wildman–Crippen MR) is 132 cm³/mol. The van der Waals surface area contributed by atoms with Crippen LogP contribution in [-0.2, 0) is 11.2 Å². The van der Waals surface area contributed by atoms with Crippen LogP contribution in [0.1, 0.15) is 17.2 Å². The van der Waals surface area contributed by atoms with Crippen LogP contribution in [0, 0.1) is 5.82 Å². The van der Waals surface area contributed by atoms with Crippen molar-refractivity contribution in [1.82, 2.24) is 5.32 Å². The number of carboxylic acid groups (broad SMARTS) is 1. The van der Waals surface area contributed by atoms with E-state index in [-0.39, 0.29) is 18.5 Å². The van der Waals surface area contributed by atoms with Gasteiger partial charge < -0.3 is 29.7 Å². The molecule has 0 aliphatic rings. The van der Waals surface area contributed by atoms with E-state index in [9.17, 15) is 22.7 Å². The second kappa shape index (κ2) is 14.8. The first-order valence-corrected chi connectivity index (χ1v) is 11.4. The van der Waals surface area contributed by atoms with Gasteiger partial charge in [-0.3, -0.25) is 0 Å². The number of benzene rings is 3. The zero-order chi connectivity index (χ0) is 28.1. The number of aliphatic hydroxyl groups excluding tert-OH is 1. The smallest absolute Gasteiger partial charge is 0.490 e. The van der Waals surface area contributed by atoms with E-state index in [0.717, 1.165) is 12.0 Å². The number of hydrogen-bond donors (Lipinski definition) is 3. The number of ether oxygens (including phenoxy) is 3. The molecule has 3 N–H and O–H groups in total. The van der Waals surface area contributed by atoms with Crippen LogP contribution in [0.3, 0.4) is 0 Å². The molecule has 3 rings (SSSR count). The van der Waals surface area contributed by atoms with Crippen molar-refractivity contribution >= 4 is 5.97 Å². The number of carbonyl (C=O) groups is 1.